The molecule has 0 spiro atoms. The third-order valence-corrected chi connectivity index (χ3v) is 4.68. The number of aliphatic hydroxyl groups is 1. The van der Waals surface area contributed by atoms with Gasteiger partial charge in [-0.2, -0.15) is 0 Å². The summed E-state index contributed by atoms with van der Waals surface area (Å²) >= 11 is 0. The van der Waals surface area contributed by atoms with E-state index in [0.29, 0.717) is 17.9 Å². The minimum Gasteiger partial charge on any atom is -0.458 e. The number of allylic oxidation sites excluding steroid dienone is 1. The van der Waals surface area contributed by atoms with Crippen LogP contribution in [0.2, 0.25) is 0 Å². The summed E-state index contributed by atoms with van der Waals surface area (Å²) in [6, 6.07) is 0. The van der Waals surface area contributed by atoms with Crippen LogP contribution in [0.3, 0.4) is 0 Å². The maximum atomic E-state index is 11.7. The third kappa shape index (κ3) is 1.43. The van der Waals surface area contributed by atoms with E-state index in [9.17, 15) is 9.90 Å². The van der Waals surface area contributed by atoms with E-state index in [1.165, 1.54) is 5.57 Å². The second kappa shape index (κ2) is 3.82. The number of carbonyl (C=O) groups excluding carboxylic acids is 1. The highest BCUT2D eigenvalue weighted by molar-refractivity contribution is 5.91. The molecule has 1 heterocycles. The molecule has 5 unspecified atom stereocenters. The highest BCUT2D eigenvalue weighted by Gasteiger charge is 2.52. The molecule has 0 aromatic heterocycles. The Morgan fingerprint density at radius 2 is 2.11 bits per heavy atom. The normalized spacial score (nSPS) is 43.1. The zero-order chi connectivity index (χ0) is 13.0. The van der Waals surface area contributed by atoms with Crippen LogP contribution in [0.1, 0.15) is 19.8 Å². The molecule has 2 fully saturated rings. The van der Waals surface area contributed by atoms with Gasteiger partial charge in [0.2, 0.25) is 0 Å². The molecule has 0 aromatic carbocycles. The largest absolute Gasteiger partial charge is 0.458 e. The molecule has 0 radical (unpaired) electrons. The first-order valence-electron chi connectivity index (χ1n) is 6.43. The molecule has 0 bridgehead atoms. The standard InChI is InChI=1S/C15H18O3/c1-7-4-5-10-8(2)6-11(16)13-9(3)15(17)18-14(13)12(7)10/h4,10-14,16H,2-3,5-6H2,1H3. The summed E-state index contributed by atoms with van der Waals surface area (Å²) < 4.78 is 5.48. The lowest BCUT2D eigenvalue weighted by Gasteiger charge is -2.27. The summed E-state index contributed by atoms with van der Waals surface area (Å²) in [5.74, 6) is -0.156. The van der Waals surface area contributed by atoms with E-state index < -0.39 is 6.10 Å². The summed E-state index contributed by atoms with van der Waals surface area (Å²) in [5, 5.41) is 10.3. The van der Waals surface area contributed by atoms with E-state index in [1.807, 2.05) is 0 Å². The van der Waals surface area contributed by atoms with Gasteiger partial charge in [-0.15, -0.1) is 0 Å². The van der Waals surface area contributed by atoms with Gasteiger partial charge in [-0.25, -0.2) is 4.79 Å². The lowest BCUT2D eigenvalue weighted by atomic mass is 9.80. The number of hydrogen-bond donors (Lipinski definition) is 1. The zero-order valence-electron chi connectivity index (χ0n) is 10.6. The number of aliphatic hydroxyl groups excluding tert-OH is 1. The van der Waals surface area contributed by atoms with Gasteiger partial charge in [0.15, 0.2) is 0 Å². The van der Waals surface area contributed by atoms with Gasteiger partial charge in [0.05, 0.1) is 12.0 Å². The van der Waals surface area contributed by atoms with Crippen molar-refractivity contribution in [1.29, 1.82) is 0 Å². The second-order valence-electron chi connectivity index (χ2n) is 5.67. The summed E-state index contributed by atoms with van der Waals surface area (Å²) in [4.78, 5) is 11.7. The molecule has 1 aliphatic heterocycles. The Balaban J connectivity index is 2.05. The molecule has 3 aliphatic rings. The molecule has 1 N–H and O–H groups in total. The van der Waals surface area contributed by atoms with Crippen LogP contribution < -0.4 is 0 Å². The highest BCUT2D eigenvalue weighted by atomic mass is 16.6. The fourth-order valence-electron chi connectivity index (χ4n) is 3.72. The summed E-state index contributed by atoms with van der Waals surface area (Å²) in [7, 11) is 0. The van der Waals surface area contributed by atoms with Gasteiger partial charge in [-0.1, -0.05) is 30.4 Å². The molecule has 2 aliphatic carbocycles. The number of esters is 1. The van der Waals surface area contributed by atoms with E-state index in [4.69, 9.17) is 4.74 Å². The van der Waals surface area contributed by atoms with E-state index in [-0.39, 0.29) is 23.9 Å². The predicted octanol–water partition coefficient (Wildman–Crippen LogP) is 1.99. The van der Waals surface area contributed by atoms with Crippen molar-refractivity contribution >= 4 is 5.97 Å². The minimum atomic E-state index is -0.597. The molecular formula is C15H18O3. The molecule has 0 amide bonds. The first-order valence-corrected chi connectivity index (χ1v) is 6.43. The molecule has 0 aromatic rings. The van der Waals surface area contributed by atoms with Crippen LogP contribution in [0.4, 0.5) is 0 Å². The van der Waals surface area contributed by atoms with Crippen LogP contribution in [0.15, 0.2) is 36.0 Å². The number of rotatable bonds is 0. The van der Waals surface area contributed by atoms with Gasteiger partial charge in [0.1, 0.15) is 6.10 Å². The molecule has 96 valence electrons. The molecule has 18 heavy (non-hydrogen) atoms. The summed E-state index contributed by atoms with van der Waals surface area (Å²) in [6.45, 7) is 9.97. The highest BCUT2D eigenvalue weighted by Crippen LogP contribution is 2.50. The molecule has 3 nitrogen and oxygen atoms in total. The Morgan fingerprint density at radius 1 is 1.39 bits per heavy atom. The summed E-state index contributed by atoms with van der Waals surface area (Å²) in [5.41, 5.74) is 2.73. The van der Waals surface area contributed by atoms with Crippen LogP contribution in [-0.2, 0) is 9.53 Å². The topological polar surface area (TPSA) is 46.5 Å². The Morgan fingerprint density at radius 3 is 2.83 bits per heavy atom. The van der Waals surface area contributed by atoms with Crippen LogP contribution in [-0.4, -0.2) is 23.3 Å². The number of ether oxygens (including phenoxy) is 1. The van der Waals surface area contributed by atoms with Gasteiger partial charge in [-0.05, 0) is 25.7 Å². The van der Waals surface area contributed by atoms with Gasteiger partial charge in [0, 0.05) is 11.5 Å². The number of hydrogen-bond acceptors (Lipinski definition) is 3. The van der Waals surface area contributed by atoms with Gasteiger partial charge in [0.25, 0.3) is 0 Å². The van der Waals surface area contributed by atoms with Crippen molar-refractivity contribution in [2.24, 2.45) is 17.8 Å². The third-order valence-electron chi connectivity index (χ3n) is 4.68. The first kappa shape index (κ1) is 11.7. The van der Waals surface area contributed by atoms with Crippen LogP contribution in [0.25, 0.3) is 0 Å². The minimum absolute atomic E-state index is 0.169. The fraction of sp³-hybridized carbons (Fsp3) is 0.533. The van der Waals surface area contributed by atoms with Crippen LogP contribution in [0, 0.1) is 17.8 Å². The Hall–Kier alpha value is -1.35. The zero-order valence-corrected chi connectivity index (χ0v) is 10.6. The quantitative estimate of drug-likeness (QED) is 0.404. The molecule has 1 saturated carbocycles. The van der Waals surface area contributed by atoms with Crippen LogP contribution >= 0.6 is 0 Å². The van der Waals surface area contributed by atoms with E-state index in [2.05, 4.69) is 26.2 Å². The second-order valence-corrected chi connectivity index (χ2v) is 5.67. The summed E-state index contributed by atoms with van der Waals surface area (Å²) in [6.07, 6.45) is 2.82. The number of carbonyl (C=O) groups is 1. The van der Waals surface area contributed by atoms with Gasteiger partial charge < -0.3 is 9.84 Å². The average Bonchev–Trinajstić information content (AvgIpc) is 2.77. The molecule has 5 atom stereocenters. The van der Waals surface area contributed by atoms with E-state index in [1.54, 1.807) is 0 Å². The van der Waals surface area contributed by atoms with Crippen molar-refractivity contribution in [2.75, 3.05) is 0 Å². The smallest absolute Gasteiger partial charge is 0.334 e. The fourth-order valence-corrected chi connectivity index (χ4v) is 3.72. The van der Waals surface area contributed by atoms with Crippen LogP contribution in [0.5, 0.6) is 0 Å². The maximum Gasteiger partial charge on any atom is 0.334 e. The monoisotopic (exact) mass is 246 g/mol. The van der Waals surface area contributed by atoms with Crippen molar-refractivity contribution in [1.82, 2.24) is 0 Å². The van der Waals surface area contributed by atoms with Gasteiger partial charge >= 0.3 is 5.97 Å². The Labute approximate surface area is 107 Å². The lowest BCUT2D eigenvalue weighted by molar-refractivity contribution is -0.141. The molecular weight excluding hydrogens is 228 g/mol. The van der Waals surface area contributed by atoms with E-state index >= 15 is 0 Å². The van der Waals surface area contributed by atoms with Crippen molar-refractivity contribution in [3.05, 3.63) is 36.0 Å². The Kier molecular flexibility index (Phi) is 2.49. The van der Waals surface area contributed by atoms with E-state index in [0.717, 1.165) is 12.0 Å². The lowest BCUT2D eigenvalue weighted by Crippen LogP contribution is -2.33. The van der Waals surface area contributed by atoms with Crippen molar-refractivity contribution in [2.45, 2.75) is 32.0 Å². The van der Waals surface area contributed by atoms with Crippen molar-refractivity contribution in [3.8, 4) is 0 Å². The SMILES string of the molecule is C=C1CC(O)C2C(=C)C(=O)OC2C2C(C)=CCC12. The molecule has 1 saturated heterocycles. The number of fused-ring (bicyclic) bond motifs is 3. The molecule has 3 heteroatoms. The predicted molar refractivity (Wildman–Crippen MR) is 67.6 cm³/mol. The maximum absolute atomic E-state index is 11.7. The first-order chi connectivity index (χ1) is 8.50. The molecule has 3 rings (SSSR count). The van der Waals surface area contributed by atoms with Crippen molar-refractivity contribution < 1.29 is 14.6 Å². The van der Waals surface area contributed by atoms with Crippen molar-refractivity contribution in [3.63, 3.8) is 0 Å². The average molecular weight is 246 g/mol. The Bertz CT molecular complexity index is 474. The van der Waals surface area contributed by atoms with Gasteiger partial charge in [-0.3, -0.25) is 0 Å².